The first kappa shape index (κ1) is 24.6. The molecule has 1 N–H and O–H groups in total. The molecular weight excluding hydrogens is 446 g/mol. The third kappa shape index (κ3) is 6.03. The minimum atomic E-state index is -3.70. The first-order valence-electron chi connectivity index (χ1n) is 11.0. The summed E-state index contributed by atoms with van der Waals surface area (Å²) in [6, 6.07) is 12.3. The maximum Gasteiger partial charge on any atom is 0.244 e. The molecule has 1 atom stereocenters. The van der Waals surface area contributed by atoms with E-state index in [1.165, 1.54) is 22.7 Å². The lowest BCUT2D eigenvalue weighted by atomic mass is 10.1. The second-order valence-electron chi connectivity index (χ2n) is 8.39. The first-order chi connectivity index (χ1) is 15.2. The van der Waals surface area contributed by atoms with E-state index < -0.39 is 16.1 Å². The van der Waals surface area contributed by atoms with Crippen molar-refractivity contribution in [3.63, 3.8) is 0 Å². The Morgan fingerprint density at radius 2 is 1.81 bits per heavy atom. The zero-order valence-corrected chi connectivity index (χ0v) is 20.5. The zero-order valence-electron chi connectivity index (χ0n) is 19.0. The average Bonchev–Trinajstić information content (AvgIpc) is 3.25. The predicted octanol–water partition coefficient (Wildman–Crippen LogP) is 4.11. The lowest BCUT2D eigenvalue weighted by Crippen LogP contribution is -2.49. The number of carbonyl (C=O) groups excluding carboxylic acids is 1. The van der Waals surface area contributed by atoms with Crippen LogP contribution in [0, 0.1) is 6.92 Å². The monoisotopic (exact) mass is 477 g/mol. The van der Waals surface area contributed by atoms with Crippen molar-refractivity contribution in [1.29, 1.82) is 0 Å². The molecule has 1 amide bonds. The highest BCUT2D eigenvalue weighted by Crippen LogP contribution is 2.27. The Hall–Kier alpha value is -2.09. The predicted molar refractivity (Wildman–Crippen MR) is 130 cm³/mol. The molecule has 1 heterocycles. The molecule has 2 aromatic carbocycles. The molecule has 8 heteroatoms. The van der Waals surface area contributed by atoms with Crippen LogP contribution in [-0.4, -0.2) is 44.6 Å². The van der Waals surface area contributed by atoms with Crippen molar-refractivity contribution in [2.45, 2.75) is 52.2 Å². The summed E-state index contributed by atoms with van der Waals surface area (Å²) in [5.74, 6) is -0.328. The minimum absolute atomic E-state index is 0.328. The molecule has 1 unspecified atom stereocenters. The van der Waals surface area contributed by atoms with Gasteiger partial charge in [-0.25, -0.2) is 8.42 Å². The van der Waals surface area contributed by atoms with Crippen LogP contribution in [0.1, 0.15) is 42.9 Å². The van der Waals surface area contributed by atoms with Crippen molar-refractivity contribution < 1.29 is 13.2 Å². The fourth-order valence-electron chi connectivity index (χ4n) is 4.15. The van der Waals surface area contributed by atoms with Gasteiger partial charge in [-0.2, -0.15) is 0 Å². The second kappa shape index (κ2) is 10.7. The minimum Gasteiger partial charge on any atom is -0.350 e. The number of likely N-dealkylation sites (tertiary alicyclic amines) is 1. The highest BCUT2D eigenvalue weighted by atomic mass is 35.5. The SMILES string of the molecule is CCC(C(=O)NCc1ccccc1CN1CCCC1)N(c1ccc(C)c(Cl)c1)S(C)(=O)=O. The van der Waals surface area contributed by atoms with Crippen LogP contribution in [0.4, 0.5) is 5.69 Å². The normalized spacial score (nSPS) is 15.5. The Bertz CT molecular complexity index is 1050. The van der Waals surface area contributed by atoms with Gasteiger partial charge in [0.1, 0.15) is 6.04 Å². The number of halogens is 1. The van der Waals surface area contributed by atoms with E-state index in [1.807, 2.05) is 25.1 Å². The molecule has 2 aromatic rings. The van der Waals surface area contributed by atoms with Crippen LogP contribution in [0.3, 0.4) is 0 Å². The van der Waals surface area contributed by atoms with Crippen LogP contribution < -0.4 is 9.62 Å². The maximum absolute atomic E-state index is 13.2. The van der Waals surface area contributed by atoms with Crippen LogP contribution >= 0.6 is 11.6 Å². The quantitative estimate of drug-likeness (QED) is 0.590. The second-order valence-corrected chi connectivity index (χ2v) is 10.7. The summed E-state index contributed by atoms with van der Waals surface area (Å²) in [5.41, 5.74) is 3.47. The molecule has 3 rings (SSSR count). The van der Waals surface area contributed by atoms with Gasteiger partial charge in [-0.1, -0.05) is 48.9 Å². The molecule has 174 valence electrons. The number of carbonyl (C=O) groups is 1. The highest BCUT2D eigenvalue weighted by molar-refractivity contribution is 7.92. The Balaban J connectivity index is 1.78. The number of nitrogens with one attached hydrogen (secondary N) is 1. The van der Waals surface area contributed by atoms with E-state index >= 15 is 0 Å². The van der Waals surface area contributed by atoms with Crippen molar-refractivity contribution in [2.75, 3.05) is 23.7 Å². The summed E-state index contributed by atoms with van der Waals surface area (Å²) >= 11 is 6.24. The van der Waals surface area contributed by atoms with Crippen LogP contribution in [0.25, 0.3) is 0 Å². The lowest BCUT2D eigenvalue weighted by molar-refractivity contribution is -0.122. The Labute approximate surface area is 196 Å². The molecule has 0 aromatic heterocycles. The van der Waals surface area contributed by atoms with Gasteiger partial charge in [0, 0.05) is 18.1 Å². The molecule has 0 aliphatic carbocycles. The number of benzene rings is 2. The van der Waals surface area contributed by atoms with Crippen molar-refractivity contribution in [1.82, 2.24) is 10.2 Å². The number of hydrogen-bond acceptors (Lipinski definition) is 4. The molecule has 1 aliphatic rings. The molecule has 32 heavy (non-hydrogen) atoms. The molecule has 0 spiro atoms. The summed E-state index contributed by atoms with van der Waals surface area (Å²) in [6.45, 7) is 7.06. The van der Waals surface area contributed by atoms with Crippen LogP contribution in [0.15, 0.2) is 42.5 Å². The molecule has 6 nitrogen and oxygen atoms in total. The largest absolute Gasteiger partial charge is 0.350 e. The summed E-state index contributed by atoms with van der Waals surface area (Å²) in [5, 5.41) is 3.43. The molecule has 0 saturated carbocycles. The van der Waals surface area contributed by atoms with E-state index in [-0.39, 0.29) is 5.91 Å². The Kier molecular flexibility index (Phi) is 8.20. The smallest absolute Gasteiger partial charge is 0.244 e. The van der Waals surface area contributed by atoms with E-state index in [9.17, 15) is 13.2 Å². The van der Waals surface area contributed by atoms with Gasteiger partial charge in [-0.05, 0) is 68.1 Å². The number of rotatable bonds is 9. The fraction of sp³-hybridized carbons (Fsp3) is 0.458. The third-order valence-electron chi connectivity index (χ3n) is 5.90. The zero-order chi connectivity index (χ0) is 23.3. The summed E-state index contributed by atoms with van der Waals surface area (Å²) in [6.07, 6.45) is 3.89. The topological polar surface area (TPSA) is 69.7 Å². The number of sulfonamides is 1. The van der Waals surface area contributed by atoms with Crippen molar-refractivity contribution in [3.8, 4) is 0 Å². The number of anilines is 1. The van der Waals surface area contributed by atoms with Crippen LogP contribution in [0.2, 0.25) is 5.02 Å². The Morgan fingerprint density at radius 3 is 2.41 bits per heavy atom. The van der Waals surface area contributed by atoms with E-state index in [4.69, 9.17) is 11.6 Å². The highest BCUT2D eigenvalue weighted by Gasteiger charge is 2.31. The van der Waals surface area contributed by atoms with E-state index in [2.05, 4.69) is 16.3 Å². The lowest BCUT2D eigenvalue weighted by Gasteiger charge is -2.30. The molecular formula is C24H32ClN3O3S. The molecule has 1 fully saturated rings. The standard InChI is InChI=1S/C24H32ClN3O3S/c1-4-23(28(32(3,30)31)21-12-11-18(2)22(25)15-21)24(29)26-16-19-9-5-6-10-20(19)17-27-13-7-8-14-27/h5-6,9-12,15,23H,4,7-8,13-14,16-17H2,1-3H3,(H,26,29). The van der Waals surface area contributed by atoms with Crippen molar-refractivity contribution >= 4 is 33.2 Å². The number of nitrogens with zero attached hydrogens (tertiary/aromatic N) is 2. The summed E-state index contributed by atoms with van der Waals surface area (Å²) in [4.78, 5) is 15.6. The van der Waals surface area contributed by atoms with Gasteiger partial charge in [0.25, 0.3) is 0 Å². The summed E-state index contributed by atoms with van der Waals surface area (Å²) in [7, 11) is -3.70. The number of amides is 1. The van der Waals surface area contributed by atoms with Crippen molar-refractivity contribution in [3.05, 3.63) is 64.2 Å². The van der Waals surface area contributed by atoms with E-state index in [0.717, 1.165) is 37.0 Å². The van der Waals surface area contributed by atoms with Gasteiger partial charge >= 0.3 is 0 Å². The Morgan fingerprint density at radius 1 is 1.16 bits per heavy atom. The fourth-order valence-corrected chi connectivity index (χ4v) is 5.52. The van der Waals surface area contributed by atoms with Gasteiger partial charge in [0.15, 0.2) is 0 Å². The maximum atomic E-state index is 13.2. The van der Waals surface area contributed by atoms with Gasteiger partial charge < -0.3 is 5.32 Å². The van der Waals surface area contributed by atoms with Crippen molar-refractivity contribution in [2.24, 2.45) is 0 Å². The van der Waals surface area contributed by atoms with Gasteiger partial charge in [-0.3, -0.25) is 14.0 Å². The summed E-state index contributed by atoms with van der Waals surface area (Å²) < 4.78 is 26.5. The number of hydrogen-bond donors (Lipinski definition) is 1. The number of aryl methyl sites for hydroxylation is 1. The van der Waals surface area contributed by atoms with Gasteiger partial charge in [0.2, 0.25) is 15.9 Å². The van der Waals surface area contributed by atoms with E-state index in [1.54, 1.807) is 25.1 Å². The molecule has 0 radical (unpaired) electrons. The van der Waals surface area contributed by atoms with Crippen LogP contribution in [-0.2, 0) is 27.9 Å². The van der Waals surface area contributed by atoms with Crippen LogP contribution in [0.5, 0.6) is 0 Å². The average molecular weight is 478 g/mol. The molecule has 1 aliphatic heterocycles. The van der Waals surface area contributed by atoms with Gasteiger partial charge in [0.05, 0.1) is 11.9 Å². The van der Waals surface area contributed by atoms with E-state index in [0.29, 0.717) is 23.7 Å². The first-order valence-corrected chi connectivity index (χ1v) is 13.3. The molecule has 0 bridgehead atoms. The molecule has 1 saturated heterocycles. The van der Waals surface area contributed by atoms with Gasteiger partial charge in [-0.15, -0.1) is 0 Å². The third-order valence-corrected chi connectivity index (χ3v) is 7.49.